The Morgan fingerprint density at radius 1 is 1.62 bits per heavy atom. The molecule has 0 aliphatic carbocycles. The fourth-order valence-corrected chi connectivity index (χ4v) is 0.790. The summed E-state index contributed by atoms with van der Waals surface area (Å²) in [5.74, 6) is -0.402. The summed E-state index contributed by atoms with van der Waals surface area (Å²) in [5.41, 5.74) is -0.382. The van der Waals surface area contributed by atoms with Crippen molar-refractivity contribution in [1.29, 1.82) is 0 Å². The van der Waals surface area contributed by atoms with Crippen LogP contribution in [0.4, 0.5) is 0 Å². The standard InChI is InChI=1S/C8H9NO4/c1-9-8(11)6-3-5(10)7(12-2)4-13-6/h3-4H,1-2H3,(H,9,11). The second kappa shape index (κ2) is 3.75. The number of rotatable bonds is 2. The molecule has 0 bridgehead atoms. The Morgan fingerprint density at radius 3 is 2.77 bits per heavy atom. The molecule has 0 radical (unpaired) electrons. The SMILES string of the molecule is CNC(=O)c1cc(=O)c(OC)co1. The van der Waals surface area contributed by atoms with Crippen molar-refractivity contribution in [1.82, 2.24) is 5.32 Å². The van der Waals surface area contributed by atoms with E-state index in [2.05, 4.69) is 10.1 Å². The van der Waals surface area contributed by atoms with E-state index in [0.29, 0.717) is 0 Å². The number of hydrogen-bond donors (Lipinski definition) is 1. The van der Waals surface area contributed by atoms with E-state index in [1.54, 1.807) is 0 Å². The van der Waals surface area contributed by atoms with Gasteiger partial charge in [0, 0.05) is 13.1 Å². The molecule has 0 fully saturated rings. The topological polar surface area (TPSA) is 68.5 Å². The zero-order chi connectivity index (χ0) is 9.84. The predicted octanol–water partition coefficient (Wildman–Crippen LogP) is 0.00800. The average molecular weight is 183 g/mol. The first-order valence-electron chi connectivity index (χ1n) is 3.58. The quantitative estimate of drug-likeness (QED) is 0.701. The lowest BCUT2D eigenvalue weighted by Crippen LogP contribution is -2.19. The van der Waals surface area contributed by atoms with Gasteiger partial charge in [-0.05, 0) is 0 Å². The highest BCUT2D eigenvalue weighted by molar-refractivity contribution is 5.90. The lowest BCUT2D eigenvalue weighted by molar-refractivity contribution is 0.0932. The summed E-state index contributed by atoms with van der Waals surface area (Å²) >= 11 is 0. The third-order valence-electron chi connectivity index (χ3n) is 1.47. The van der Waals surface area contributed by atoms with Crippen molar-refractivity contribution in [2.24, 2.45) is 0 Å². The van der Waals surface area contributed by atoms with Gasteiger partial charge in [0.1, 0.15) is 6.26 Å². The molecule has 1 N–H and O–H groups in total. The molecular weight excluding hydrogens is 174 g/mol. The fourth-order valence-electron chi connectivity index (χ4n) is 0.790. The first kappa shape index (κ1) is 9.31. The minimum Gasteiger partial charge on any atom is -0.490 e. The smallest absolute Gasteiger partial charge is 0.286 e. The van der Waals surface area contributed by atoms with Crippen molar-refractivity contribution in [2.75, 3.05) is 14.2 Å². The summed E-state index contributed by atoms with van der Waals surface area (Å²) in [5, 5.41) is 2.33. The van der Waals surface area contributed by atoms with Crippen LogP contribution in [0.15, 0.2) is 21.5 Å². The maximum atomic E-state index is 11.1. The highest BCUT2D eigenvalue weighted by Gasteiger charge is 2.08. The lowest BCUT2D eigenvalue weighted by Gasteiger charge is -1.99. The number of carbonyl (C=O) groups is 1. The van der Waals surface area contributed by atoms with Gasteiger partial charge in [0.2, 0.25) is 11.2 Å². The Hall–Kier alpha value is -1.78. The summed E-state index contributed by atoms with van der Waals surface area (Å²) in [6, 6.07) is 1.08. The molecule has 5 nitrogen and oxygen atoms in total. The average Bonchev–Trinajstić information content (AvgIpc) is 2.16. The molecule has 0 saturated carbocycles. The van der Waals surface area contributed by atoms with Crippen LogP contribution in [0, 0.1) is 0 Å². The van der Waals surface area contributed by atoms with Crippen LogP contribution in [0.1, 0.15) is 10.6 Å². The van der Waals surface area contributed by atoms with Crippen LogP contribution in [-0.4, -0.2) is 20.1 Å². The summed E-state index contributed by atoms with van der Waals surface area (Å²) < 4.78 is 9.52. The van der Waals surface area contributed by atoms with Crippen LogP contribution < -0.4 is 15.5 Å². The number of amides is 1. The van der Waals surface area contributed by atoms with Crippen molar-refractivity contribution < 1.29 is 13.9 Å². The van der Waals surface area contributed by atoms with Crippen molar-refractivity contribution in [3.63, 3.8) is 0 Å². The Bertz CT molecular complexity index is 369. The molecular formula is C8H9NO4. The molecule has 0 aliphatic rings. The summed E-state index contributed by atoms with van der Waals surface area (Å²) in [6.07, 6.45) is 1.10. The Kier molecular flexibility index (Phi) is 2.69. The molecule has 0 unspecified atom stereocenters. The number of carbonyl (C=O) groups excluding carboxylic acids is 1. The molecule has 0 aliphatic heterocycles. The normalized spacial score (nSPS) is 9.38. The van der Waals surface area contributed by atoms with Crippen LogP contribution in [0.2, 0.25) is 0 Å². The van der Waals surface area contributed by atoms with Gasteiger partial charge >= 0.3 is 0 Å². The first-order valence-corrected chi connectivity index (χ1v) is 3.58. The molecule has 0 atom stereocenters. The molecule has 1 rings (SSSR count). The van der Waals surface area contributed by atoms with Crippen LogP contribution >= 0.6 is 0 Å². The molecule has 1 amide bonds. The zero-order valence-electron chi connectivity index (χ0n) is 7.29. The number of ether oxygens (including phenoxy) is 1. The lowest BCUT2D eigenvalue weighted by atomic mass is 10.3. The van der Waals surface area contributed by atoms with Crippen molar-refractivity contribution >= 4 is 5.91 Å². The van der Waals surface area contributed by atoms with E-state index < -0.39 is 5.91 Å². The van der Waals surface area contributed by atoms with Crippen LogP contribution in [0.5, 0.6) is 5.75 Å². The van der Waals surface area contributed by atoms with Gasteiger partial charge in [0.25, 0.3) is 5.91 Å². The summed E-state index contributed by atoms with van der Waals surface area (Å²) in [4.78, 5) is 22.1. The van der Waals surface area contributed by atoms with E-state index in [1.165, 1.54) is 14.2 Å². The monoisotopic (exact) mass is 183 g/mol. The third-order valence-corrected chi connectivity index (χ3v) is 1.47. The zero-order valence-corrected chi connectivity index (χ0v) is 7.29. The predicted molar refractivity (Wildman–Crippen MR) is 44.9 cm³/mol. The largest absolute Gasteiger partial charge is 0.490 e. The van der Waals surface area contributed by atoms with Gasteiger partial charge in [0.15, 0.2) is 5.76 Å². The number of methoxy groups -OCH3 is 1. The maximum absolute atomic E-state index is 11.1. The number of nitrogens with one attached hydrogen (secondary N) is 1. The Balaban J connectivity index is 3.10. The van der Waals surface area contributed by atoms with Crippen molar-refractivity contribution in [3.8, 4) is 5.75 Å². The molecule has 0 saturated heterocycles. The van der Waals surface area contributed by atoms with Gasteiger partial charge in [-0.3, -0.25) is 9.59 Å². The van der Waals surface area contributed by atoms with E-state index in [4.69, 9.17) is 4.42 Å². The van der Waals surface area contributed by atoms with Gasteiger partial charge in [-0.2, -0.15) is 0 Å². The van der Waals surface area contributed by atoms with E-state index in [-0.39, 0.29) is 16.9 Å². The molecule has 1 aromatic heterocycles. The Morgan fingerprint density at radius 2 is 2.31 bits per heavy atom. The highest BCUT2D eigenvalue weighted by atomic mass is 16.5. The fraction of sp³-hybridized carbons (Fsp3) is 0.250. The van der Waals surface area contributed by atoms with Gasteiger partial charge in [-0.1, -0.05) is 0 Å². The van der Waals surface area contributed by atoms with E-state index in [1.807, 2.05) is 0 Å². The van der Waals surface area contributed by atoms with Crippen LogP contribution in [-0.2, 0) is 0 Å². The minimum absolute atomic E-state index is 0.0340. The summed E-state index contributed by atoms with van der Waals surface area (Å²) in [7, 11) is 2.80. The second-order valence-electron chi connectivity index (χ2n) is 2.26. The molecule has 13 heavy (non-hydrogen) atoms. The molecule has 70 valence electrons. The van der Waals surface area contributed by atoms with Gasteiger partial charge in [-0.25, -0.2) is 0 Å². The Labute approximate surface area is 74.3 Å². The van der Waals surface area contributed by atoms with Crippen molar-refractivity contribution in [2.45, 2.75) is 0 Å². The first-order chi connectivity index (χ1) is 6.19. The van der Waals surface area contributed by atoms with E-state index >= 15 is 0 Å². The van der Waals surface area contributed by atoms with Gasteiger partial charge in [-0.15, -0.1) is 0 Å². The second-order valence-corrected chi connectivity index (χ2v) is 2.26. The number of hydrogen-bond acceptors (Lipinski definition) is 4. The third kappa shape index (κ3) is 1.87. The van der Waals surface area contributed by atoms with E-state index in [0.717, 1.165) is 12.3 Å². The van der Waals surface area contributed by atoms with Crippen LogP contribution in [0.3, 0.4) is 0 Å². The molecule has 0 aromatic carbocycles. The summed E-state index contributed by atoms with van der Waals surface area (Å²) in [6.45, 7) is 0. The van der Waals surface area contributed by atoms with Crippen molar-refractivity contribution in [3.05, 3.63) is 28.3 Å². The van der Waals surface area contributed by atoms with E-state index in [9.17, 15) is 9.59 Å². The maximum Gasteiger partial charge on any atom is 0.286 e. The van der Waals surface area contributed by atoms with Gasteiger partial charge < -0.3 is 14.5 Å². The molecule has 1 aromatic rings. The minimum atomic E-state index is -0.445. The highest BCUT2D eigenvalue weighted by Crippen LogP contribution is 2.04. The van der Waals surface area contributed by atoms with Gasteiger partial charge in [0.05, 0.1) is 7.11 Å². The molecule has 5 heteroatoms. The molecule has 1 heterocycles. The molecule has 0 spiro atoms. The van der Waals surface area contributed by atoms with Crippen LogP contribution in [0.25, 0.3) is 0 Å².